The Morgan fingerprint density at radius 2 is 2.29 bits per heavy atom. The van der Waals surface area contributed by atoms with Crippen molar-refractivity contribution in [3.05, 3.63) is 40.6 Å². The van der Waals surface area contributed by atoms with Crippen molar-refractivity contribution >= 4 is 27.7 Å². The van der Waals surface area contributed by atoms with Crippen LogP contribution in [-0.2, 0) is 13.5 Å². The lowest BCUT2D eigenvalue weighted by molar-refractivity contribution is 0.790. The molecule has 0 amide bonds. The van der Waals surface area contributed by atoms with Crippen LogP contribution < -0.4 is 5.73 Å². The smallest absolute Gasteiger partial charge is 0.172 e. The van der Waals surface area contributed by atoms with Gasteiger partial charge in [-0.1, -0.05) is 33.8 Å². The summed E-state index contributed by atoms with van der Waals surface area (Å²) >= 11 is 5.23. The Bertz CT molecular complexity index is 510. The monoisotopic (exact) mass is 311 g/mol. The van der Waals surface area contributed by atoms with Crippen LogP contribution in [-0.4, -0.2) is 16.1 Å². The van der Waals surface area contributed by atoms with Gasteiger partial charge in [-0.3, -0.25) is 0 Å². The molecule has 0 spiro atoms. The van der Waals surface area contributed by atoms with Gasteiger partial charge in [-0.2, -0.15) is 0 Å². The maximum Gasteiger partial charge on any atom is 0.172 e. The highest BCUT2D eigenvalue weighted by atomic mass is 79.9. The van der Waals surface area contributed by atoms with Crippen LogP contribution in [0.3, 0.4) is 0 Å². The molecule has 0 atom stereocenters. The van der Waals surface area contributed by atoms with Crippen molar-refractivity contribution in [2.75, 3.05) is 6.54 Å². The lowest BCUT2D eigenvalue weighted by Gasteiger charge is -2.06. The second-order valence-corrected chi connectivity index (χ2v) is 5.61. The predicted molar refractivity (Wildman–Crippen MR) is 74.2 cm³/mol. The van der Waals surface area contributed by atoms with E-state index in [9.17, 15) is 0 Å². The topological polar surface area (TPSA) is 43.8 Å². The fraction of sp³-hybridized carbons (Fsp3) is 0.250. The highest BCUT2D eigenvalue weighted by Crippen LogP contribution is 2.29. The van der Waals surface area contributed by atoms with Crippen molar-refractivity contribution in [3.63, 3.8) is 0 Å². The van der Waals surface area contributed by atoms with Gasteiger partial charge in [-0.05, 0) is 30.7 Å². The number of rotatable bonds is 4. The quantitative estimate of drug-likeness (QED) is 0.944. The van der Waals surface area contributed by atoms with E-state index in [0.29, 0.717) is 6.54 Å². The molecule has 17 heavy (non-hydrogen) atoms. The van der Waals surface area contributed by atoms with E-state index >= 15 is 0 Å². The highest BCUT2D eigenvalue weighted by molar-refractivity contribution is 9.10. The largest absolute Gasteiger partial charge is 0.330 e. The minimum atomic E-state index is 0.671. The summed E-state index contributed by atoms with van der Waals surface area (Å²) in [4.78, 5) is 5.46. The van der Waals surface area contributed by atoms with E-state index in [2.05, 4.69) is 39.1 Å². The third kappa shape index (κ3) is 3.12. The van der Waals surface area contributed by atoms with Crippen molar-refractivity contribution in [3.8, 4) is 0 Å². The second kappa shape index (κ2) is 5.71. The molecule has 2 rings (SSSR count). The summed E-state index contributed by atoms with van der Waals surface area (Å²) in [5.41, 5.74) is 6.80. The van der Waals surface area contributed by atoms with Gasteiger partial charge in [-0.15, -0.1) is 0 Å². The first kappa shape index (κ1) is 12.7. The minimum absolute atomic E-state index is 0.671. The molecule has 0 radical (unpaired) electrons. The van der Waals surface area contributed by atoms with Gasteiger partial charge in [0.2, 0.25) is 0 Å². The van der Waals surface area contributed by atoms with Crippen LogP contribution in [0.15, 0.2) is 45.1 Å². The van der Waals surface area contributed by atoms with Crippen LogP contribution in [0.2, 0.25) is 0 Å². The van der Waals surface area contributed by atoms with E-state index in [-0.39, 0.29) is 0 Å². The average Bonchev–Trinajstić information content (AvgIpc) is 2.69. The van der Waals surface area contributed by atoms with Crippen LogP contribution in [0, 0.1) is 0 Å². The molecule has 0 aliphatic carbocycles. The Labute approximate surface area is 114 Å². The van der Waals surface area contributed by atoms with E-state index < -0.39 is 0 Å². The summed E-state index contributed by atoms with van der Waals surface area (Å²) in [7, 11) is 1.99. The summed E-state index contributed by atoms with van der Waals surface area (Å²) < 4.78 is 3.12. The number of aryl methyl sites for hydroxylation is 1. The normalized spacial score (nSPS) is 10.8. The Kier molecular flexibility index (Phi) is 4.25. The van der Waals surface area contributed by atoms with Gasteiger partial charge in [0.15, 0.2) is 5.16 Å². The molecule has 0 fully saturated rings. The molecule has 0 aliphatic rings. The summed E-state index contributed by atoms with van der Waals surface area (Å²) in [6.07, 6.45) is 4.65. The van der Waals surface area contributed by atoms with Gasteiger partial charge in [0, 0.05) is 28.8 Å². The fourth-order valence-electron chi connectivity index (χ4n) is 1.51. The Morgan fingerprint density at radius 1 is 1.47 bits per heavy atom. The maximum atomic E-state index is 5.56. The summed E-state index contributed by atoms with van der Waals surface area (Å²) in [6.45, 7) is 0.671. The zero-order chi connectivity index (χ0) is 12.3. The molecule has 2 aromatic rings. The molecule has 0 saturated heterocycles. The molecule has 1 aromatic carbocycles. The number of nitrogens with two attached hydrogens (primary N) is 1. The number of nitrogens with zero attached hydrogens (tertiary/aromatic N) is 2. The van der Waals surface area contributed by atoms with E-state index in [1.54, 1.807) is 18.0 Å². The van der Waals surface area contributed by atoms with Crippen LogP contribution in [0.25, 0.3) is 0 Å². The minimum Gasteiger partial charge on any atom is -0.330 e. The van der Waals surface area contributed by atoms with Gasteiger partial charge < -0.3 is 10.3 Å². The van der Waals surface area contributed by atoms with E-state index in [0.717, 1.165) is 16.0 Å². The Hall–Kier alpha value is -0.780. The Morgan fingerprint density at radius 3 is 2.88 bits per heavy atom. The van der Waals surface area contributed by atoms with Crippen molar-refractivity contribution < 1.29 is 0 Å². The molecule has 0 saturated carbocycles. The van der Waals surface area contributed by atoms with Crippen molar-refractivity contribution in [2.45, 2.75) is 16.5 Å². The summed E-state index contributed by atoms with van der Waals surface area (Å²) in [5.74, 6) is 0. The SMILES string of the molecule is Cn1ccnc1Sc1ccc(CCN)c(Br)c1. The van der Waals surface area contributed by atoms with Gasteiger partial charge in [0.1, 0.15) is 0 Å². The second-order valence-electron chi connectivity index (χ2n) is 3.71. The molecule has 0 unspecified atom stereocenters. The third-order valence-electron chi connectivity index (χ3n) is 2.42. The van der Waals surface area contributed by atoms with Gasteiger partial charge >= 0.3 is 0 Å². The van der Waals surface area contributed by atoms with E-state index in [1.165, 1.54) is 10.5 Å². The molecule has 5 heteroatoms. The third-order valence-corrected chi connectivity index (χ3v) is 4.23. The van der Waals surface area contributed by atoms with Gasteiger partial charge in [0.05, 0.1) is 0 Å². The standard InChI is InChI=1S/C12H14BrN3S/c1-16-7-6-15-12(16)17-10-3-2-9(4-5-14)11(13)8-10/h2-3,6-8H,4-5,14H2,1H3. The van der Waals surface area contributed by atoms with Crippen molar-refractivity contribution in [1.29, 1.82) is 0 Å². The first-order chi connectivity index (χ1) is 8.20. The van der Waals surface area contributed by atoms with Crippen LogP contribution in [0.5, 0.6) is 0 Å². The first-order valence-electron chi connectivity index (χ1n) is 5.34. The summed E-state index contributed by atoms with van der Waals surface area (Å²) in [6, 6.07) is 6.33. The van der Waals surface area contributed by atoms with Crippen LogP contribution in [0.4, 0.5) is 0 Å². The lowest BCUT2D eigenvalue weighted by Crippen LogP contribution is -2.03. The molecule has 0 aliphatic heterocycles. The number of hydrogen-bond donors (Lipinski definition) is 1. The maximum absolute atomic E-state index is 5.56. The van der Waals surface area contributed by atoms with E-state index in [4.69, 9.17) is 5.73 Å². The summed E-state index contributed by atoms with van der Waals surface area (Å²) in [5, 5.41) is 0.989. The number of halogens is 1. The zero-order valence-corrected chi connectivity index (χ0v) is 12.0. The zero-order valence-electron chi connectivity index (χ0n) is 9.56. The van der Waals surface area contributed by atoms with Crippen molar-refractivity contribution in [1.82, 2.24) is 9.55 Å². The molecule has 1 aromatic heterocycles. The molecule has 0 bridgehead atoms. The number of hydrogen-bond acceptors (Lipinski definition) is 3. The van der Waals surface area contributed by atoms with Gasteiger partial charge in [0.25, 0.3) is 0 Å². The first-order valence-corrected chi connectivity index (χ1v) is 6.95. The van der Waals surface area contributed by atoms with Crippen LogP contribution in [0.1, 0.15) is 5.56 Å². The fourth-order valence-corrected chi connectivity index (χ4v) is 3.08. The molecule has 90 valence electrons. The van der Waals surface area contributed by atoms with Crippen LogP contribution >= 0.6 is 27.7 Å². The molecule has 2 N–H and O–H groups in total. The molecule has 3 nitrogen and oxygen atoms in total. The number of imidazole rings is 1. The molecular weight excluding hydrogens is 298 g/mol. The Balaban J connectivity index is 2.18. The highest BCUT2D eigenvalue weighted by Gasteiger charge is 2.05. The lowest BCUT2D eigenvalue weighted by atomic mass is 10.1. The average molecular weight is 312 g/mol. The predicted octanol–water partition coefficient (Wildman–Crippen LogP) is 2.84. The number of benzene rings is 1. The van der Waals surface area contributed by atoms with Gasteiger partial charge in [-0.25, -0.2) is 4.98 Å². The molecular formula is C12H14BrN3S. The number of aromatic nitrogens is 2. The molecule has 1 heterocycles. The van der Waals surface area contributed by atoms with Crippen molar-refractivity contribution in [2.24, 2.45) is 12.8 Å². The van der Waals surface area contributed by atoms with E-state index in [1.807, 2.05) is 17.8 Å².